The van der Waals surface area contributed by atoms with Crippen LogP contribution in [0.4, 0.5) is 0 Å². The van der Waals surface area contributed by atoms with Gasteiger partial charge >= 0.3 is 0 Å². The molecule has 2 aromatic rings. The number of halogens is 1. The zero-order valence-corrected chi connectivity index (χ0v) is 14.8. The second kappa shape index (κ2) is 8.84. The van der Waals surface area contributed by atoms with E-state index in [1.807, 2.05) is 0 Å². The van der Waals surface area contributed by atoms with Gasteiger partial charge in [0, 0.05) is 12.5 Å². The Kier molecular flexibility index (Phi) is 6.81. The second-order valence-corrected chi connectivity index (χ2v) is 7.40. The molecule has 1 N–H and O–H groups in total. The summed E-state index contributed by atoms with van der Waals surface area (Å²) in [6.07, 6.45) is 0.687. The van der Waals surface area contributed by atoms with Crippen LogP contribution in [0.15, 0.2) is 53.4 Å². The summed E-state index contributed by atoms with van der Waals surface area (Å²) in [7, 11) is -3.65. The molecule has 0 aliphatic rings. The molecule has 0 aliphatic heterocycles. The number of aliphatic carboxylic acids is 1. The Morgan fingerprint density at radius 1 is 1.08 bits per heavy atom. The molecule has 0 unspecified atom stereocenters. The number of unbranched alkanes of at least 4 members (excludes halogenated alkanes) is 1. The first-order valence-electron chi connectivity index (χ1n) is 7.60. The molecule has 0 aromatic heterocycles. The highest BCUT2D eigenvalue weighted by atomic mass is 35.5. The third-order valence-corrected chi connectivity index (χ3v) is 5.09. The molecule has 0 saturated heterocycles. The number of hydrogen-bond donors (Lipinski definition) is 1. The van der Waals surface area contributed by atoms with E-state index >= 15 is 0 Å². The molecule has 0 spiro atoms. The lowest BCUT2D eigenvalue weighted by Gasteiger charge is -2.09. The number of para-hydroxylation sites is 1. The number of carbonyl (C=O) groups is 1. The van der Waals surface area contributed by atoms with Gasteiger partial charge in [-0.05, 0) is 55.7 Å². The Morgan fingerprint density at radius 3 is 2.40 bits per heavy atom. The van der Waals surface area contributed by atoms with Crippen LogP contribution in [0, 0.1) is 0 Å². The summed E-state index contributed by atoms with van der Waals surface area (Å²) >= 11 is 6.01. The van der Waals surface area contributed by atoms with E-state index < -0.39 is 16.0 Å². The van der Waals surface area contributed by atoms with Gasteiger partial charge in [0.25, 0.3) is 0 Å². The highest BCUT2D eigenvalue weighted by Gasteiger charge is 2.13. The van der Waals surface area contributed by atoms with E-state index in [-0.39, 0.29) is 17.9 Å². The lowest BCUT2D eigenvalue weighted by molar-refractivity contribution is -0.305. The monoisotopic (exact) mass is 382 g/mol. The molecule has 2 aromatic carbocycles. The average molecular weight is 383 g/mol. The van der Waals surface area contributed by atoms with Crippen molar-refractivity contribution in [1.29, 1.82) is 0 Å². The first-order valence-corrected chi connectivity index (χ1v) is 9.46. The molecular weight excluding hydrogens is 366 g/mol. The summed E-state index contributed by atoms with van der Waals surface area (Å²) in [5.41, 5.74) is 0. The Hall–Kier alpha value is -2.09. The molecular formula is C17H17ClNO5S-. The van der Waals surface area contributed by atoms with E-state index in [1.165, 1.54) is 24.3 Å². The van der Waals surface area contributed by atoms with Crippen molar-refractivity contribution in [1.82, 2.24) is 4.72 Å². The zero-order valence-electron chi connectivity index (χ0n) is 13.3. The van der Waals surface area contributed by atoms with E-state index in [1.54, 1.807) is 24.3 Å². The molecule has 0 saturated carbocycles. The predicted molar refractivity (Wildman–Crippen MR) is 92.0 cm³/mol. The van der Waals surface area contributed by atoms with Gasteiger partial charge in [0.2, 0.25) is 10.0 Å². The maximum atomic E-state index is 12.2. The van der Waals surface area contributed by atoms with Crippen molar-refractivity contribution in [2.45, 2.75) is 24.2 Å². The van der Waals surface area contributed by atoms with Crippen LogP contribution in [0.3, 0.4) is 0 Å². The van der Waals surface area contributed by atoms with Gasteiger partial charge in [0.1, 0.15) is 11.5 Å². The summed E-state index contributed by atoms with van der Waals surface area (Å²) in [6, 6.07) is 12.9. The van der Waals surface area contributed by atoms with Gasteiger partial charge < -0.3 is 14.6 Å². The summed E-state index contributed by atoms with van der Waals surface area (Å²) in [5, 5.41) is 10.8. The minimum absolute atomic E-state index is 0.0875. The van der Waals surface area contributed by atoms with E-state index in [0.29, 0.717) is 29.4 Å². The standard InChI is InChI=1S/C17H18ClNO5S/c18-15-5-1-2-6-16(15)24-13-8-10-14(11-9-13)25(22,23)19-12-4-3-7-17(20)21/h1-2,5-6,8-11,19H,3-4,7,12H2,(H,20,21)/p-1. The summed E-state index contributed by atoms with van der Waals surface area (Å²) in [6.45, 7) is 0.160. The largest absolute Gasteiger partial charge is 0.550 e. The minimum atomic E-state index is -3.65. The van der Waals surface area contributed by atoms with Crippen LogP contribution in [0.1, 0.15) is 19.3 Å². The van der Waals surface area contributed by atoms with Crippen LogP contribution >= 0.6 is 11.6 Å². The number of benzene rings is 2. The Balaban J connectivity index is 1.94. The Labute approximate surface area is 151 Å². The lowest BCUT2D eigenvalue weighted by atomic mass is 10.2. The van der Waals surface area contributed by atoms with Crippen LogP contribution in [-0.2, 0) is 14.8 Å². The summed E-state index contributed by atoms with van der Waals surface area (Å²) in [4.78, 5) is 10.4. The third-order valence-electron chi connectivity index (χ3n) is 3.30. The molecule has 0 radical (unpaired) electrons. The molecule has 0 atom stereocenters. The van der Waals surface area contributed by atoms with Gasteiger partial charge in [-0.1, -0.05) is 23.7 Å². The summed E-state index contributed by atoms with van der Waals surface area (Å²) in [5.74, 6) is -0.205. The highest BCUT2D eigenvalue weighted by molar-refractivity contribution is 7.89. The van der Waals surface area contributed by atoms with Crippen LogP contribution in [0.25, 0.3) is 0 Å². The molecule has 0 amide bonds. The second-order valence-electron chi connectivity index (χ2n) is 5.23. The molecule has 0 heterocycles. The Bertz CT molecular complexity index is 821. The molecule has 0 fully saturated rings. The number of carboxylic acids is 1. The maximum absolute atomic E-state index is 12.2. The number of rotatable bonds is 9. The van der Waals surface area contributed by atoms with E-state index in [2.05, 4.69) is 4.72 Å². The normalized spacial score (nSPS) is 11.2. The van der Waals surface area contributed by atoms with E-state index in [4.69, 9.17) is 16.3 Å². The van der Waals surface area contributed by atoms with Gasteiger partial charge in [-0.25, -0.2) is 13.1 Å². The van der Waals surface area contributed by atoms with Gasteiger partial charge in [0.15, 0.2) is 0 Å². The number of carbonyl (C=O) groups excluding carboxylic acids is 1. The number of hydrogen-bond acceptors (Lipinski definition) is 5. The topological polar surface area (TPSA) is 95.5 Å². The smallest absolute Gasteiger partial charge is 0.240 e. The van der Waals surface area contributed by atoms with Gasteiger partial charge in [-0.2, -0.15) is 0 Å². The molecule has 2 rings (SSSR count). The van der Waals surface area contributed by atoms with Gasteiger partial charge in [-0.15, -0.1) is 0 Å². The number of carboxylic acid groups (broad SMARTS) is 1. The Morgan fingerprint density at radius 2 is 1.76 bits per heavy atom. The lowest BCUT2D eigenvalue weighted by Crippen LogP contribution is -2.26. The molecule has 25 heavy (non-hydrogen) atoms. The van der Waals surface area contributed by atoms with Crippen LogP contribution < -0.4 is 14.6 Å². The van der Waals surface area contributed by atoms with Crippen molar-refractivity contribution >= 4 is 27.6 Å². The first-order chi connectivity index (χ1) is 11.9. The van der Waals surface area contributed by atoms with E-state index in [9.17, 15) is 18.3 Å². The fourth-order valence-electron chi connectivity index (χ4n) is 2.03. The number of ether oxygens (including phenoxy) is 1. The quantitative estimate of drug-likeness (QED) is 0.671. The van der Waals surface area contributed by atoms with Crippen molar-refractivity contribution in [3.8, 4) is 11.5 Å². The van der Waals surface area contributed by atoms with Crippen LogP contribution in [-0.4, -0.2) is 20.9 Å². The van der Waals surface area contributed by atoms with E-state index in [0.717, 1.165) is 0 Å². The fourth-order valence-corrected chi connectivity index (χ4v) is 3.27. The fraction of sp³-hybridized carbons (Fsp3) is 0.235. The average Bonchev–Trinajstić information content (AvgIpc) is 2.57. The third kappa shape index (κ3) is 6.04. The molecule has 8 heteroatoms. The number of sulfonamides is 1. The molecule has 0 aliphatic carbocycles. The predicted octanol–water partition coefficient (Wildman–Crippen LogP) is 2.33. The molecule has 134 valence electrons. The van der Waals surface area contributed by atoms with Crippen molar-refractivity contribution < 1.29 is 23.1 Å². The molecule has 6 nitrogen and oxygen atoms in total. The van der Waals surface area contributed by atoms with Crippen LogP contribution in [0.2, 0.25) is 5.02 Å². The minimum Gasteiger partial charge on any atom is -0.550 e. The first kappa shape index (κ1) is 19.2. The van der Waals surface area contributed by atoms with Crippen molar-refractivity contribution in [3.63, 3.8) is 0 Å². The van der Waals surface area contributed by atoms with Gasteiger partial charge in [0.05, 0.1) is 9.92 Å². The summed E-state index contributed by atoms with van der Waals surface area (Å²) < 4.78 is 32.3. The SMILES string of the molecule is O=C([O-])CCCCNS(=O)(=O)c1ccc(Oc2ccccc2Cl)cc1. The maximum Gasteiger partial charge on any atom is 0.240 e. The van der Waals surface area contributed by atoms with Crippen LogP contribution in [0.5, 0.6) is 11.5 Å². The van der Waals surface area contributed by atoms with Crippen molar-refractivity contribution in [2.24, 2.45) is 0 Å². The van der Waals surface area contributed by atoms with Gasteiger partial charge in [-0.3, -0.25) is 0 Å². The van der Waals surface area contributed by atoms with Crippen molar-refractivity contribution in [2.75, 3.05) is 6.54 Å². The van der Waals surface area contributed by atoms with Crippen molar-refractivity contribution in [3.05, 3.63) is 53.6 Å². The zero-order chi connectivity index (χ0) is 18.3. The molecule has 0 bridgehead atoms. The highest BCUT2D eigenvalue weighted by Crippen LogP contribution is 2.29. The number of nitrogens with one attached hydrogen (secondary N) is 1.